The lowest BCUT2D eigenvalue weighted by atomic mass is 10.0. The summed E-state index contributed by atoms with van der Waals surface area (Å²) in [6.45, 7) is 2.28. The van der Waals surface area contributed by atoms with Crippen LogP contribution in [0, 0.1) is 5.82 Å². The van der Waals surface area contributed by atoms with Crippen LogP contribution >= 0.6 is 0 Å². The fraction of sp³-hybridized carbons (Fsp3) is 0.400. The zero-order valence-corrected chi connectivity index (χ0v) is 8.29. The van der Waals surface area contributed by atoms with Gasteiger partial charge < -0.3 is 9.57 Å². The van der Waals surface area contributed by atoms with Gasteiger partial charge in [-0.15, -0.1) is 0 Å². The molecule has 0 saturated carbocycles. The van der Waals surface area contributed by atoms with E-state index in [-0.39, 0.29) is 17.5 Å². The van der Waals surface area contributed by atoms with Crippen molar-refractivity contribution in [1.82, 2.24) is 0 Å². The smallest absolute Gasteiger partial charge is 0.165 e. The summed E-state index contributed by atoms with van der Waals surface area (Å²) in [5.41, 5.74) is 0.841. The van der Waals surface area contributed by atoms with Crippen molar-refractivity contribution in [2.45, 2.75) is 12.8 Å². The molecular formula is C10H14FNO2. The van der Waals surface area contributed by atoms with Crippen molar-refractivity contribution < 1.29 is 14.0 Å². The van der Waals surface area contributed by atoms with E-state index in [1.54, 1.807) is 12.1 Å². The monoisotopic (exact) mass is 199 g/mol. The van der Waals surface area contributed by atoms with Crippen LogP contribution in [0.1, 0.15) is 18.4 Å². The van der Waals surface area contributed by atoms with Crippen molar-refractivity contribution in [3.05, 3.63) is 29.6 Å². The molecule has 1 aromatic rings. The topological polar surface area (TPSA) is 44.5 Å². The SMILES string of the molecule is COc1ccc(C(C)CON)cc1F. The summed E-state index contributed by atoms with van der Waals surface area (Å²) < 4.78 is 18.1. The van der Waals surface area contributed by atoms with E-state index >= 15 is 0 Å². The second-order valence-electron chi connectivity index (χ2n) is 3.13. The largest absolute Gasteiger partial charge is 0.494 e. The van der Waals surface area contributed by atoms with Crippen LogP contribution in [0.25, 0.3) is 0 Å². The summed E-state index contributed by atoms with van der Waals surface area (Å²) in [5.74, 6) is 4.89. The van der Waals surface area contributed by atoms with Gasteiger partial charge >= 0.3 is 0 Å². The number of nitrogens with two attached hydrogens (primary N) is 1. The van der Waals surface area contributed by atoms with Gasteiger partial charge in [0.05, 0.1) is 13.7 Å². The van der Waals surface area contributed by atoms with E-state index in [1.807, 2.05) is 6.92 Å². The fourth-order valence-corrected chi connectivity index (χ4v) is 1.23. The Labute approximate surface area is 82.6 Å². The first-order valence-corrected chi connectivity index (χ1v) is 4.34. The maximum Gasteiger partial charge on any atom is 0.165 e. The first-order chi connectivity index (χ1) is 6.69. The van der Waals surface area contributed by atoms with E-state index in [0.29, 0.717) is 6.61 Å². The van der Waals surface area contributed by atoms with Gasteiger partial charge in [0.1, 0.15) is 0 Å². The molecule has 0 fully saturated rings. The van der Waals surface area contributed by atoms with Crippen LogP contribution in [0.3, 0.4) is 0 Å². The molecule has 0 heterocycles. The third kappa shape index (κ3) is 2.43. The van der Waals surface area contributed by atoms with Crippen molar-refractivity contribution in [2.24, 2.45) is 5.90 Å². The number of benzene rings is 1. The molecule has 0 spiro atoms. The zero-order chi connectivity index (χ0) is 10.6. The highest BCUT2D eigenvalue weighted by molar-refractivity contribution is 5.31. The van der Waals surface area contributed by atoms with Crippen molar-refractivity contribution in [1.29, 1.82) is 0 Å². The molecule has 0 aliphatic rings. The highest BCUT2D eigenvalue weighted by Gasteiger charge is 2.09. The van der Waals surface area contributed by atoms with Gasteiger partial charge in [0, 0.05) is 5.92 Å². The Hall–Kier alpha value is -1.13. The molecule has 0 aliphatic carbocycles. The molecule has 1 aromatic carbocycles. The average Bonchev–Trinajstić information content (AvgIpc) is 2.18. The molecule has 14 heavy (non-hydrogen) atoms. The third-order valence-electron chi connectivity index (χ3n) is 2.09. The minimum atomic E-state index is -0.367. The molecular weight excluding hydrogens is 185 g/mol. The number of ether oxygens (including phenoxy) is 1. The summed E-state index contributed by atoms with van der Waals surface area (Å²) in [5, 5.41) is 0. The Bertz CT molecular complexity index is 304. The van der Waals surface area contributed by atoms with E-state index in [4.69, 9.17) is 10.6 Å². The lowest BCUT2D eigenvalue weighted by molar-refractivity contribution is 0.126. The van der Waals surface area contributed by atoms with Gasteiger partial charge in [-0.3, -0.25) is 0 Å². The van der Waals surface area contributed by atoms with Crippen LogP contribution in [0.2, 0.25) is 0 Å². The first-order valence-electron chi connectivity index (χ1n) is 4.34. The maximum atomic E-state index is 13.3. The number of halogens is 1. The molecule has 0 saturated heterocycles. The second kappa shape index (κ2) is 4.93. The highest BCUT2D eigenvalue weighted by Crippen LogP contribution is 2.22. The van der Waals surface area contributed by atoms with E-state index in [0.717, 1.165) is 5.56 Å². The summed E-state index contributed by atoms with van der Waals surface area (Å²) >= 11 is 0. The lowest BCUT2D eigenvalue weighted by Gasteiger charge is -2.11. The van der Waals surface area contributed by atoms with Gasteiger partial charge in [0.2, 0.25) is 0 Å². The van der Waals surface area contributed by atoms with Crippen LogP contribution in [0.4, 0.5) is 4.39 Å². The molecule has 2 N–H and O–H groups in total. The number of hydrogen-bond acceptors (Lipinski definition) is 3. The van der Waals surface area contributed by atoms with Crippen LogP contribution in [0.5, 0.6) is 5.75 Å². The molecule has 0 radical (unpaired) electrons. The molecule has 0 amide bonds. The Kier molecular flexibility index (Phi) is 3.85. The van der Waals surface area contributed by atoms with Crippen molar-refractivity contribution >= 4 is 0 Å². The predicted molar refractivity (Wildman–Crippen MR) is 51.5 cm³/mol. The fourth-order valence-electron chi connectivity index (χ4n) is 1.23. The predicted octanol–water partition coefficient (Wildman–Crippen LogP) is 1.83. The molecule has 3 nitrogen and oxygen atoms in total. The zero-order valence-electron chi connectivity index (χ0n) is 8.29. The van der Waals surface area contributed by atoms with Gasteiger partial charge in [0.15, 0.2) is 11.6 Å². The minimum absolute atomic E-state index is 0.0698. The van der Waals surface area contributed by atoms with E-state index < -0.39 is 0 Å². The molecule has 1 unspecified atom stereocenters. The standard InChI is InChI=1S/C10H14FNO2/c1-7(6-14-12)8-3-4-10(13-2)9(11)5-8/h3-5,7H,6,12H2,1-2H3. The molecule has 4 heteroatoms. The molecule has 0 bridgehead atoms. The van der Waals surface area contributed by atoms with Crippen molar-refractivity contribution in [3.63, 3.8) is 0 Å². The highest BCUT2D eigenvalue weighted by atomic mass is 19.1. The van der Waals surface area contributed by atoms with Crippen molar-refractivity contribution in [3.8, 4) is 5.75 Å². The van der Waals surface area contributed by atoms with Gasteiger partial charge in [0.25, 0.3) is 0 Å². The first kappa shape index (κ1) is 10.9. The third-order valence-corrected chi connectivity index (χ3v) is 2.09. The summed E-state index contributed by atoms with van der Waals surface area (Å²) in [4.78, 5) is 4.50. The van der Waals surface area contributed by atoms with Crippen molar-refractivity contribution in [2.75, 3.05) is 13.7 Å². The van der Waals surface area contributed by atoms with E-state index in [9.17, 15) is 4.39 Å². The molecule has 78 valence electrons. The Morgan fingerprint density at radius 3 is 2.71 bits per heavy atom. The minimum Gasteiger partial charge on any atom is -0.494 e. The summed E-state index contributed by atoms with van der Waals surface area (Å²) in [6.07, 6.45) is 0. The number of methoxy groups -OCH3 is 1. The van der Waals surface area contributed by atoms with E-state index in [2.05, 4.69) is 4.84 Å². The molecule has 1 atom stereocenters. The van der Waals surface area contributed by atoms with Crippen LogP contribution in [-0.2, 0) is 4.84 Å². The van der Waals surface area contributed by atoms with Gasteiger partial charge in [-0.25, -0.2) is 10.3 Å². The van der Waals surface area contributed by atoms with Gasteiger partial charge in [-0.1, -0.05) is 13.0 Å². The molecule has 1 rings (SSSR count). The maximum absolute atomic E-state index is 13.3. The Morgan fingerprint density at radius 1 is 1.50 bits per heavy atom. The molecule has 0 aliphatic heterocycles. The number of rotatable bonds is 4. The second-order valence-corrected chi connectivity index (χ2v) is 3.13. The van der Waals surface area contributed by atoms with Gasteiger partial charge in [-0.05, 0) is 17.7 Å². The summed E-state index contributed by atoms with van der Waals surface area (Å²) in [6, 6.07) is 4.83. The quantitative estimate of drug-likeness (QED) is 0.752. The van der Waals surface area contributed by atoms with Crippen LogP contribution in [-0.4, -0.2) is 13.7 Å². The van der Waals surface area contributed by atoms with E-state index in [1.165, 1.54) is 13.2 Å². The average molecular weight is 199 g/mol. The van der Waals surface area contributed by atoms with Gasteiger partial charge in [-0.2, -0.15) is 0 Å². The number of hydrogen-bond donors (Lipinski definition) is 1. The Balaban J connectivity index is 2.85. The summed E-state index contributed by atoms with van der Waals surface area (Å²) in [7, 11) is 1.44. The normalized spacial score (nSPS) is 12.6. The van der Waals surface area contributed by atoms with Crippen LogP contribution < -0.4 is 10.6 Å². The molecule has 0 aromatic heterocycles. The Morgan fingerprint density at radius 2 is 2.21 bits per heavy atom. The lowest BCUT2D eigenvalue weighted by Crippen LogP contribution is -2.08. The van der Waals surface area contributed by atoms with Crippen LogP contribution in [0.15, 0.2) is 18.2 Å².